The van der Waals surface area contributed by atoms with Crippen LogP contribution in [-0.2, 0) is 0 Å². The smallest absolute Gasteiger partial charge is 0.255 e. The molecule has 1 fully saturated rings. The Morgan fingerprint density at radius 3 is 2.57 bits per heavy atom. The van der Waals surface area contributed by atoms with Crippen LogP contribution < -0.4 is 5.32 Å². The van der Waals surface area contributed by atoms with Crippen molar-refractivity contribution < 1.29 is 9.18 Å². The van der Waals surface area contributed by atoms with Gasteiger partial charge >= 0.3 is 0 Å². The number of benzene rings is 1. The van der Waals surface area contributed by atoms with Crippen molar-refractivity contribution in [3.8, 4) is 0 Å². The van der Waals surface area contributed by atoms with E-state index < -0.39 is 11.7 Å². The van der Waals surface area contributed by atoms with E-state index in [4.69, 9.17) is 11.6 Å². The average molecular weight is 342 g/mol. The van der Waals surface area contributed by atoms with Gasteiger partial charge in [0.25, 0.3) is 5.91 Å². The molecule has 1 aromatic rings. The molecular formula is C17H25ClFN3O. The molecule has 23 heavy (non-hydrogen) atoms. The molecule has 4 nitrogen and oxygen atoms in total. The van der Waals surface area contributed by atoms with E-state index in [1.165, 1.54) is 18.2 Å². The zero-order chi connectivity index (χ0) is 16.7. The Bertz CT molecular complexity index is 498. The number of nitrogens with zero attached hydrogens (tertiary/aromatic N) is 2. The summed E-state index contributed by atoms with van der Waals surface area (Å²) in [4.78, 5) is 16.9. The SMILES string of the molecule is CCN1CCN(CCCCNC(=O)c2c(F)cccc2Cl)CC1. The van der Waals surface area contributed by atoms with E-state index in [9.17, 15) is 9.18 Å². The lowest BCUT2D eigenvalue weighted by Crippen LogP contribution is -2.46. The van der Waals surface area contributed by atoms with Gasteiger partial charge < -0.3 is 15.1 Å². The Kier molecular flexibility index (Phi) is 7.27. The van der Waals surface area contributed by atoms with Crippen LogP contribution in [0.1, 0.15) is 30.1 Å². The van der Waals surface area contributed by atoms with E-state index in [1.807, 2.05) is 0 Å². The summed E-state index contributed by atoms with van der Waals surface area (Å²) in [6, 6.07) is 4.26. The fraction of sp³-hybridized carbons (Fsp3) is 0.588. The Morgan fingerprint density at radius 2 is 1.91 bits per heavy atom. The van der Waals surface area contributed by atoms with Crippen LogP contribution in [-0.4, -0.2) is 61.5 Å². The highest BCUT2D eigenvalue weighted by atomic mass is 35.5. The number of hydrogen-bond acceptors (Lipinski definition) is 3. The maximum atomic E-state index is 13.6. The van der Waals surface area contributed by atoms with E-state index in [0.717, 1.165) is 52.1 Å². The highest BCUT2D eigenvalue weighted by Crippen LogP contribution is 2.18. The minimum atomic E-state index is -0.580. The zero-order valence-corrected chi connectivity index (χ0v) is 14.4. The van der Waals surface area contributed by atoms with Gasteiger partial charge in [0, 0.05) is 32.7 Å². The van der Waals surface area contributed by atoms with Gasteiger partial charge in [-0.2, -0.15) is 0 Å². The number of carbonyl (C=O) groups is 1. The van der Waals surface area contributed by atoms with Gasteiger partial charge in [-0.15, -0.1) is 0 Å². The van der Waals surface area contributed by atoms with E-state index in [-0.39, 0.29) is 10.6 Å². The van der Waals surface area contributed by atoms with Crippen LogP contribution in [0.5, 0.6) is 0 Å². The van der Waals surface area contributed by atoms with Gasteiger partial charge in [0.15, 0.2) is 0 Å². The maximum Gasteiger partial charge on any atom is 0.255 e. The summed E-state index contributed by atoms with van der Waals surface area (Å²) in [7, 11) is 0. The zero-order valence-electron chi connectivity index (χ0n) is 13.7. The van der Waals surface area contributed by atoms with Crippen molar-refractivity contribution >= 4 is 17.5 Å². The minimum absolute atomic E-state index is 0.0649. The predicted molar refractivity (Wildman–Crippen MR) is 91.5 cm³/mol. The molecule has 1 heterocycles. The number of likely N-dealkylation sites (N-methyl/N-ethyl adjacent to an activating group) is 1. The highest BCUT2D eigenvalue weighted by molar-refractivity contribution is 6.33. The fourth-order valence-corrected chi connectivity index (χ4v) is 3.04. The molecule has 1 saturated heterocycles. The van der Waals surface area contributed by atoms with Crippen LogP contribution in [0.25, 0.3) is 0 Å². The first-order chi connectivity index (χ1) is 11.1. The van der Waals surface area contributed by atoms with Crippen LogP contribution in [0.2, 0.25) is 5.02 Å². The second-order valence-electron chi connectivity index (χ2n) is 5.84. The van der Waals surface area contributed by atoms with Crippen LogP contribution in [0.15, 0.2) is 18.2 Å². The van der Waals surface area contributed by atoms with Crippen molar-refractivity contribution in [2.24, 2.45) is 0 Å². The van der Waals surface area contributed by atoms with E-state index in [2.05, 4.69) is 22.0 Å². The number of hydrogen-bond donors (Lipinski definition) is 1. The molecule has 0 aliphatic carbocycles. The third-order valence-corrected chi connectivity index (χ3v) is 4.60. The van der Waals surface area contributed by atoms with E-state index >= 15 is 0 Å². The largest absolute Gasteiger partial charge is 0.352 e. The summed E-state index contributed by atoms with van der Waals surface area (Å²) in [5.41, 5.74) is -0.0649. The molecule has 0 atom stereocenters. The van der Waals surface area contributed by atoms with Crippen molar-refractivity contribution in [1.29, 1.82) is 0 Å². The Balaban J connectivity index is 1.63. The number of unbranched alkanes of at least 4 members (excludes halogenated alkanes) is 1. The Hall–Kier alpha value is -1.17. The molecule has 0 spiro atoms. The number of carbonyl (C=O) groups excluding carboxylic acids is 1. The Morgan fingerprint density at radius 1 is 1.22 bits per heavy atom. The van der Waals surface area contributed by atoms with E-state index in [0.29, 0.717) is 6.54 Å². The molecular weight excluding hydrogens is 317 g/mol. The Labute approximate surface area is 142 Å². The number of piperazine rings is 1. The average Bonchev–Trinajstić information content (AvgIpc) is 2.55. The normalized spacial score (nSPS) is 16.5. The molecule has 2 rings (SSSR count). The third kappa shape index (κ3) is 5.44. The van der Waals surface area contributed by atoms with Gasteiger partial charge in [0.2, 0.25) is 0 Å². The van der Waals surface area contributed by atoms with Crippen LogP contribution in [0.3, 0.4) is 0 Å². The summed E-state index contributed by atoms with van der Waals surface area (Å²) in [6.07, 6.45) is 1.91. The molecule has 1 aromatic carbocycles. The maximum absolute atomic E-state index is 13.6. The number of amides is 1. The van der Waals surface area contributed by atoms with Gasteiger partial charge in [-0.25, -0.2) is 4.39 Å². The van der Waals surface area contributed by atoms with Crippen LogP contribution in [0, 0.1) is 5.82 Å². The number of halogens is 2. The van der Waals surface area contributed by atoms with Crippen molar-refractivity contribution in [2.75, 3.05) is 45.8 Å². The van der Waals surface area contributed by atoms with Gasteiger partial charge in [0.05, 0.1) is 10.6 Å². The number of rotatable bonds is 7. The fourth-order valence-electron chi connectivity index (χ4n) is 2.79. The highest BCUT2D eigenvalue weighted by Gasteiger charge is 2.16. The van der Waals surface area contributed by atoms with Gasteiger partial charge in [-0.05, 0) is 38.1 Å². The molecule has 0 unspecified atom stereocenters. The summed E-state index contributed by atoms with van der Waals surface area (Å²) >= 11 is 5.88. The summed E-state index contributed by atoms with van der Waals surface area (Å²) in [6.45, 7) is 9.42. The lowest BCUT2D eigenvalue weighted by atomic mass is 10.2. The van der Waals surface area contributed by atoms with Crippen LogP contribution in [0.4, 0.5) is 4.39 Å². The molecule has 128 valence electrons. The molecule has 1 amide bonds. The lowest BCUT2D eigenvalue weighted by Gasteiger charge is -2.33. The summed E-state index contributed by atoms with van der Waals surface area (Å²) in [5, 5.41) is 2.89. The topological polar surface area (TPSA) is 35.6 Å². The van der Waals surface area contributed by atoms with Gasteiger partial charge in [-0.1, -0.05) is 24.6 Å². The first-order valence-corrected chi connectivity index (χ1v) is 8.66. The second kappa shape index (κ2) is 9.21. The molecule has 0 bridgehead atoms. The molecule has 6 heteroatoms. The van der Waals surface area contributed by atoms with Crippen molar-refractivity contribution in [3.05, 3.63) is 34.6 Å². The lowest BCUT2D eigenvalue weighted by molar-refractivity contribution is 0.0947. The molecule has 0 saturated carbocycles. The van der Waals surface area contributed by atoms with Crippen molar-refractivity contribution in [1.82, 2.24) is 15.1 Å². The van der Waals surface area contributed by atoms with Gasteiger partial charge in [-0.3, -0.25) is 4.79 Å². The van der Waals surface area contributed by atoms with E-state index in [1.54, 1.807) is 0 Å². The monoisotopic (exact) mass is 341 g/mol. The number of nitrogens with one attached hydrogen (secondary N) is 1. The molecule has 1 aliphatic heterocycles. The summed E-state index contributed by atoms with van der Waals surface area (Å²) < 4.78 is 13.6. The quantitative estimate of drug-likeness (QED) is 0.774. The minimum Gasteiger partial charge on any atom is -0.352 e. The predicted octanol–water partition coefficient (Wildman–Crippen LogP) is 2.63. The molecule has 1 aliphatic rings. The van der Waals surface area contributed by atoms with Crippen LogP contribution >= 0.6 is 11.6 Å². The molecule has 1 N–H and O–H groups in total. The molecule has 0 radical (unpaired) electrons. The second-order valence-corrected chi connectivity index (χ2v) is 6.24. The van der Waals surface area contributed by atoms with Crippen molar-refractivity contribution in [3.63, 3.8) is 0 Å². The van der Waals surface area contributed by atoms with Crippen molar-refractivity contribution in [2.45, 2.75) is 19.8 Å². The first-order valence-electron chi connectivity index (χ1n) is 8.28. The van der Waals surface area contributed by atoms with Gasteiger partial charge in [0.1, 0.15) is 5.82 Å². The summed E-state index contributed by atoms with van der Waals surface area (Å²) in [5.74, 6) is -1.02. The standard InChI is InChI=1S/C17H25ClFN3O/c1-2-21-10-12-22(13-11-21)9-4-3-8-20-17(23)16-14(18)6-5-7-15(16)19/h5-7H,2-4,8-13H2,1H3,(H,20,23). The molecule has 0 aromatic heterocycles. The third-order valence-electron chi connectivity index (χ3n) is 4.29. The first kappa shape index (κ1) is 18.2.